The van der Waals surface area contributed by atoms with Gasteiger partial charge in [0.15, 0.2) is 6.61 Å². The fraction of sp³-hybridized carbons (Fsp3) is 0.375. The van der Waals surface area contributed by atoms with E-state index in [2.05, 4.69) is 10.3 Å². The Morgan fingerprint density at radius 3 is 3.12 bits per heavy atom. The van der Waals surface area contributed by atoms with Gasteiger partial charge < -0.3 is 14.4 Å². The Kier molecular flexibility index (Phi) is 5.03. The third-order valence-corrected chi connectivity index (χ3v) is 3.71. The molecule has 1 saturated heterocycles. The number of nitriles is 1. The number of amides is 1. The highest BCUT2D eigenvalue weighted by atomic mass is 16.5. The second kappa shape index (κ2) is 7.57. The van der Waals surface area contributed by atoms with Crippen LogP contribution in [-0.4, -0.2) is 58.2 Å². The van der Waals surface area contributed by atoms with Crippen LogP contribution in [0.3, 0.4) is 0 Å². The van der Waals surface area contributed by atoms with E-state index in [1.165, 1.54) is 0 Å². The molecule has 8 nitrogen and oxygen atoms in total. The molecule has 2 heterocycles. The Morgan fingerprint density at radius 1 is 1.46 bits per heavy atom. The lowest BCUT2D eigenvalue weighted by Crippen LogP contribution is -2.48. The number of aromatic nitrogens is 3. The van der Waals surface area contributed by atoms with E-state index in [4.69, 9.17) is 14.7 Å². The Hall–Kier alpha value is -2.92. The van der Waals surface area contributed by atoms with Crippen molar-refractivity contribution in [1.82, 2.24) is 19.9 Å². The van der Waals surface area contributed by atoms with Gasteiger partial charge in [-0.3, -0.25) is 4.79 Å². The highest BCUT2D eigenvalue weighted by Crippen LogP contribution is 2.17. The second-order valence-corrected chi connectivity index (χ2v) is 5.35. The molecular formula is C16H17N5O3. The number of hydrogen-bond acceptors (Lipinski definition) is 6. The predicted octanol–water partition coefficient (Wildman–Crippen LogP) is 0.456. The first kappa shape index (κ1) is 16.0. The minimum atomic E-state index is -0.130. The number of morpholine rings is 1. The molecule has 8 heteroatoms. The summed E-state index contributed by atoms with van der Waals surface area (Å²) in [6.45, 7) is 1.91. The molecule has 1 atom stereocenters. The minimum absolute atomic E-state index is 0.102. The van der Waals surface area contributed by atoms with Gasteiger partial charge in [-0.1, -0.05) is 17.3 Å². The van der Waals surface area contributed by atoms with Gasteiger partial charge in [-0.15, -0.1) is 5.10 Å². The van der Waals surface area contributed by atoms with E-state index in [1.807, 2.05) is 6.07 Å². The first-order valence-electron chi connectivity index (χ1n) is 7.61. The fourth-order valence-corrected chi connectivity index (χ4v) is 2.51. The molecule has 24 heavy (non-hydrogen) atoms. The highest BCUT2D eigenvalue weighted by Gasteiger charge is 2.25. The standard InChI is InChI=1S/C16H17N5O3/c17-9-13-3-1-2-4-15(13)24-12-16(22)20-7-8-23-14(10-20)11-21-6-5-18-19-21/h1-6,14H,7-8,10-12H2. The van der Waals surface area contributed by atoms with Crippen molar-refractivity contribution in [2.24, 2.45) is 0 Å². The van der Waals surface area contributed by atoms with E-state index in [0.717, 1.165) is 0 Å². The fourth-order valence-electron chi connectivity index (χ4n) is 2.51. The molecule has 0 aliphatic carbocycles. The van der Waals surface area contributed by atoms with Crippen LogP contribution in [0.2, 0.25) is 0 Å². The topological polar surface area (TPSA) is 93.3 Å². The number of carbonyl (C=O) groups excluding carboxylic acids is 1. The summed E-state index contributed by atoms with van der Waals surface area (Å²) in [6.07, 6.45) is 3.23. The molecule has 0 saturated carbocycles. The van der Waals surface area contributed by atoms with Crippen molar-refractivity contribution in [1.29, 1.82) is 5.26 Å². The molecule has 0 N–H and O–H groups in total. The quantitative estimate of drug-likeness (QED) is 0.792. The molecule has 1 fully saturated rings. The van der Waals surface area contributed by atoms with Gasteiger partial charge in [-0.2, -0.15) is 5.26 Å². The van der Waals surface area contributed by atoms with Crippen molar-refractivity contribution in [2.45, 2.75) is 12.6 Å². The minimum Gasteiger partial charge on any atom is -0.482 e. The zero-order chi connectivity index (χ0) is 16.8. The maximum Gasteiger partial charge on any atom is 0.260 e. The van der Waals surface area contributed by atoms with Gasteiger partial charge in [-0.25, -0.2) is 4.68 Å². The smallest absolute Gasteiger partial charge is 0.260 e. The lowest BCUT2D eigenvalue weighted by Gasteiger charge is -2.32. The largest absolute Gasteiger partial charge is 0.482 e. The van der Waals surface area contributed by atoms with Crippen molar-refractivity contribution >= 4 is 5.91 Å². The van der Waals surface area contributed by atoms with Gasteiger partial charge >= 0.3 is 0 Å². The summed E-state index contributed by atoms with van der Waals surface area (Å²) in [5.74, 6) is 0.287. The van der Waals surface area contributed by atoms with E-state index in [1.54, 1.807) is 46.2 Å². The van der Waals surface area contributed by atoms with E-state index in [-0.39, 0.29) is 18.6 Å². The molecule has 1 aliphatic heterocycles. The molecule has 0 bridgehead atoms. The van der Waals surface area contributed by atoms with E-state index < -0.39 is 0 Å². The highest BCUT2D eigenvalue weighted by molar-refractivity contribution is 5.78. The summed E-state index contributed by atoms with van der Waals surface area (Å²) >= 11 is 0. The Morgan fingerprint density at radius 2 is 2.33 bits per heavy atom. The summed E-state index contributed by atoms with van der Waals surface area (Å²) in [7, 11) is 0. The lowest BCUT2D eigenvalue weighted by atomic mass is 10.2. The SMILES string of the molecule is N#Cc1ccccc1OCC(=O)N1CCOC(Cn2ccnn2)C1. The molecule has 1 unspecified atom stereocenters. The Bertz CT molecular complexity index is 726. The summed E-state index contributed by atoms with van der Waals surface area (Å²) < 4.78 is 12.8. The van der Waals surface area contributed by atoms with E-state index >= 15 is 0 Å². The van der Waals surface area contributed by atoms with Gasteiger partial charge in [0.1, 0.15) is 11.8 Å². The summed E-state index contributed by atoms with van der Waals surface area (Å²) in [6, 6.07) is 8.90. The lowest BCUT2D eigenvalue weighted by molar-refractivity contribution is -0.141. The van der Waals surface area contributed by atoms with Gasteiger partial charge in [-0.05, 0) is 12.1 Å². The van der Waals surface area contributed by atoms with Crippen LogP contribution >= 0.6 is 0 Å². The number of rotatable bonds is 5. The van der Waals surface area contributed by atoms with Crippen molar-refractivity contribution in [3.63, 3.8) is 0 Å². The second-order valence-electron chi connectivity index (χ2n) is 5.35. The number of carbonyl (C=O) groups is 1. The van der Waals surface area contributed by atoms with Crippen molar-refractivity contribution in [3.8, 4) is 11.8 Å². The van der Waals surface area contributed by atoms with Crippen LogP contribution in [0.15, 0.2) is 36.7 Å². The molecular weight excluding hydrogens is 310 g/mol. The van der Waals surface area contributed by atoms with Crippen LogP contribution in [0, 0.1) is 11.3 Å². The van der Waals surface area contributed by atoms with Crippen molar-refractivity contribution in [3.05, 3.63) is 42.2 Å². The van der Waals surface area contributed by atoms with Gasteiger partial charge in [0.05, 0.1) is 31.0 Å². The van der Waals surface area contributed by atoms with Crippen molar-refractivity contribution < 1.29 is 14.3 Å². The van der Waals surface area contributed by atoms with Crippen molar-refractivity contribution in [2.75, 3.05) is 26.3 Å². The molecule has 1 aromatic heterocycles. The molecule has 1 aromatic carbocycles. The molecule has 0 radical (unpaired) electrons. The molecule has 0 spiro atoms. The predicted molar refractivity (Wildman–Crippen MR) is 83.0 cm³/mol. The molecule has 1 amide bonds. The molecule has 124 valence electrons. The number of hydrogen-bond donors (Lipinski definition) is 0. The van der Waals surface area contributed by atoms with Gasteiger partial charge in [0.25, 0.3) is 5.91 Å². The van der Waals surface area contributed by atoms with Crippen LogP contribution in [-0.2, 0) is 16.1 Å². The summed E-state index contributed by atoms with van der Waals surface area (Å²) in [5.41, 5.74) is 0.413. The van der Waals surface area contributed by atoms with E-state index in [0.29, 0.717) is 37.6 Å². The third kappa shape index (κ3) is 3.88. The van der Waals surface area contributed by atoms with Crippen LogP contribution in [0.1, 0.15) is 5.56 Å². The maximum absolute atomic E-state index is 12.3. The monoisotopic (exact) mass is 327 g/mol. The molecule has 2 aromatic rings. The van der Waals surface area contributed by atoms with Crippen LogP contribution in [0.5, 0.6) is 5.75 Å². The van der Waals surface area contributed by atoms with Gasteiger partial charge in [0.2, 0.25) is 0 Å². The zero-order valence-electron chi connectivity index (χ0n) is 13.0. The Balaban J connectivity index is 1.54. The van der Waals surface area contributed by atoms with E-state index in [9.17, 15) is 4.79 Å². The van der Waals surface area contributed by atoms with Crippen LogP contribution < -0.4 is 4.74 Å². The van der Waals surface area contributed by atoms with Gasteiger partial charge in [0, 0.05) is 19.3 Å². The third-order valence-electron chi connectivity index (χ3n) is 3.71. The molecule has 1 aliphatic rings. The normalized spacial score (nSPS) is 17.3. The summed E-state index contributed by atoms with van der Waals surface area (Å²) in [5, 5.41) is 16.7. The zero-order valence-corrected chi connectivity index (χ0v) is 13.0. The average Bonchev–Trinajstić information content (AvgIpc) is 3.13. The molecule has 3 rings (SSSR count). The van der Waals surface area contributed by atoms with Crippen LogP contribution in [0.4, 0.5) is 0 Å². The number of benzene rings is 1. The number of ether oxygens (including phenoxy) is 2. The van der Waals surface area contributed by atoms with Crippen LogP contribution in [0.25, 0.3) is 0 Å². The first-order valence-corrected chi connectivity index (χ1v) is 7.61. The Labute approximate surface area is 139 Å². The number of nitrogens with zero attached hydrogens (tertiary/aromatic N) is 5. The number of para-hydroxylation sites is 1. The average molecular weight is 327 g/mol. The maximum atomic E-state index is 12.3. The summed E-state index contributed by atoms with van der Waals surface area (Å²) in [4.78, 5) is 14.1. The first-order chi connectivity index (χ1) is 11.8.